The van der Waals surface area contributed by atoms with E-state index < -0.39 is 5.60 Å². The lowest BCUT2D eigenvalue weighted by Crippen LogP contribution is -2.56. The van der Waals surface area contributed by atoms with Crippen molar-refractivity contribution in [1.29, 1.82) is 5.26 Å². The van der Waals surface area contributed by atoms with Gasteiger partial charge < -0.3 is 5.11 Å². The van der Waals surface area contributed by atoms with Crippen molar-refractivity contribution in [2.75, 3.05) is 0 Å². The monoisotopic (exact) mass is 177 g/mol. The van der Waals surface area contributed by atoms with Gasteiger partial charge in [-0.25, -0.2) is 0 Å². The Bertz CT molecular complexity index is 250. The van der Waals surface area contributed by atoms with Gasteiger partial charge in [-0.2, -0.15) is 5.26 Å². The lowest BCUT2D eigenvalue weighted by Gasteiger charge is -2.56. The van der Waals surface area contributed by atoms with Crippen LogP contribution < -0.4 is 0 Å². The molecule has 1 N–H and O–H groups in total. The fourth-order valence-electron chi connectivity index (χ4n) is 4.09. The zero-order chi connectivity index (χ0) is 9.05. The van der Waals surface area contributed by atoms with Gasteiger partial charge in [-0.1, -0.05) is 0 Å². The molecule has 13 heavy (non-hydrogen) atoms. The molecule has 0 saturated heterocycles. The van der Waals surface area contributed by atoms with Crippen LogP contribution in [0.15, 0.2) is 0 Å². The van der Waals surface area contributed by atoms with Crippen molar-refractivity contribution in [1.82, 2.24) is 0 Å². The van der Waals surface area contributed by atoms with Gasteiger partial charge in [0.05, 0.1) is 6.07 Å². The number of hydrogen-bond donors (Lipinski definition) is 1. The highest BCUT2D eigenvalue weighted by Gasteiger charge is 2.56. The van der Waals surface area contributed by atoms with Crippen molar-refractivity contribution in [3.8, 4) is 6.07 Å². The summed E-state index contributed by atoms with van der Waals surface area (Å²) in [6.07, 6.45) is 5.80. The molecule has 70 valence electrons. The minimum atomic E-state index is -0.951. The number of rotatable bonds is 0. The summed E-state index contributed by atoms with van der Waals surface area (Å²) in [5, 5.41) is 19.3. The lowest BCUT2D eigenvalue weighted by molar-refractivity contribution is -0.137. The summed E-state index contributed by atoms with van der Waals surface area (Å²) in [5.74, 6) is 2.26. The fraction of sp³-hybridized carbons (Fsp3) is 0.909. The van der Waals surface area contributed by atoms with Crippen LogP contribution in [0.4, 0.5) is 0 Å². The lowest BCUT2D eigenvalue weighted by atomic mass is 9.50. The van der Waals surface area contributed by atoms with Crippen LogP contribution in [-0.2, 0) is 0 Å². The molecule has 2 nitrogen and oxygen atoms in total. The van der Waals surface area contributed by atoms with E-state index >= 15 is 0 Å². The average molecular weight is 177 g/mol. The molecule has 4 saturated carbocycles. The van der Waals surface area contributed by atoms with E-state index in [-0.39, 0.29) is 0 Å². The largest absolute Gasteiger partial charge is 0.375 e. The molecule has 2 heteroatoms. The van der Waals surface area contributed by atoms with E-state index in [0.717, 1.165) is 37.5 Å². The number of hydrogen-bond acceptors (Lipinski definition) is 2. The maximum atomic E-state index is 10.2. The van der Waals surface area contributed by atoms with Crippen molar-refractivity contribution >= 4 is 0 Å². The van der Waals surface area contributed by atoms with E-state index in [1.165, 1.54) is 6.42 Å². The smallest absolute Gasteiger partial charge is 0.156 e. The molecule has 0 heterocycles. The molecule has 0 aliphatic heterocycles. The summed E-state index contributed by atoms with van der Waals surface area (Å²) in [7, 11) is 0. The van der Waals surface area contributed by atoms with Crippen molar-refractivity contribution in [2.24, 2.45) is 23.7 Å². The van der Waals surface area contributed by atoms with Gasteiger partial charge in [0, 0.05) is 11.8 Å². The van der Waals surface area contributed by atoms with Crippen LogP contribution in [0.3, 0.4) is 0 Å². The molecule has 0 spiro atoms. The summed E-state index contributed by atoms with van der Waals surface area (Å²) in [4.78, 5) is 0. The Morgan fingerprint density at radius 3 is 1.85 bits per heavy atom. The molecule has 0 unspecified atom stereocenters. The molecule has 0 atom stereocenters. The van der Waals surface area contributed by atoms with Crippen LogP contribution in [0.2, 0.25) is 0 Å². The van der Waals surface area contributed by atoms with Gasteiger partial charge >= 0.3 is 0 Å². The Balaban J connectivity index is 1.99. The van der Waals surface area contributed by atoms with Gasteiger partial charge in [-0.05, 0) is 43.9 Å². The SMILES string of the molecule is N#CC1(O)C2CC3CC(C2)CC1C3. The predicted molar refractivity (Wildman–Crippen MR) is 47.6 cm³/mol. The van der Waals surface area contributed by atoms with Crippen LogP contribution in [0.1, 0.15) is 32.1 Å². The quantitative estimate of drug-likeness (QED) is 0.572. The Kier molecular flexibility index (Phi) is 1.37. The maximum Gasteiger partial charge on any atom is 0.156 e. The molecule has 0 aromatic rings. The first-order chi connectivity index (χ1) is 6.22. The van der Waals surface area contributed by atoms with Crippen molar-refractivity contribution in [2.45, 2.75) is 37.7 Å². The van der Waals surface area contributed by atoms with E-state index in [1.807, 2.05) is 0 Å². The molecular weight excluding hydrogens is 162 g/mol. The molecule has 4 aliphatic rings. The van der Waals surface area contributed by atoms with Crippen LogP contribution in [0.5, 0.6) is 0 Å². The van der Waals surface area contributed by atoms with Crippen molar-refractivity contribution in [3.63, 3.8) is 0 Å². The standard InChI is InChI=1S/C11H15NO/c12-6-11(13)9-2-7-1-8(4-9)5-10(11)3-7/h7-10,13H,1-5H2. The maximum absolute atomic E-state index is 10.2. The van der Waals surface area contributed by atoms with E-state index in [0.29, 0.717) is 11.8 Å². The third kappa shape index (κ3) is 0.862. The van der Waals surface area contributed by atoms with Crippen molar-refractivity contribution < 1.29 is 5.11 Å². The Labute approximate surface area is 78.6 Å². The molecule has 0 aromatic heterocycles. The number of aliphatic hydroxyl groups is 1. The van der Waals surface area contributed by atoms with Crippen LogP contribution >= 0.6 is 0 Å². The first-order valence-electron chi connectivity index (χ1n) is 5.36. The molecule has 0 aromatic carbocycles. The second-order valence-electron chi connectivity index (χ2n) is 5.24. The topological polar surface area (TPSA) is 44.0 Å². The Hall–Kier alpha value is -0.550. The average Bonchev–Trinajstić information content (AvgIpc) is 2.13. The minimum Gasteiger partial charge on any atom is -0.375 e. The van der Waals surface area contributed by atoms with E-state index in [9.17, 15) is 5.11 Å². The molecular formula is C11H15NO. The van der Waals surface area contributed by atoms with Gasteiger partial charge in [0.1, 0.15) is 0 Å². The summed E-state index contributed by atoms with van der Waals surface area (Å²) in [5.41, 5.74) is -0.951. The first-order valence-corrected chi connectivity index (χ1v) is 5.36. The molecule has 0 radical (unpaired) electrons. The second kappa shape index (κ2) is 2.27. The summed E-state index contributed by atoms with van der Waals surface area (Å²) >= 11 is 0. The first kappa shape index (κ1) is 7.82. The third-order valence-electron chi connectivity index (χ3n) is 4.56. The highest BCUT2D eigenvalue weighted by molar-refractivity contribution is 5.16. The molecule has 4 aliphatic carbocycles. The summed E-state index contributed by atoms with van der Waals surface area (Å²) < 4.78 is 0. The third-order valence-corrected chi connectivity index (χ3v) is 4.56. The van der Waals surface area contributed by atoms with Gasteiger partial charge in [0.2, 0.25) is 0 Å². The highest BCUT2D eigenvalue weighted by atomic mass is 16.3. The van der Waals surface area contributed by atoms with E-state index in [1.54, 1.807) is 0 Å². The highest BCUT2D eigenvalue weighted by Crippen LogP contribution is 2.57. The zero-order valence-electron chi connectivity index (χ0n) is 7.74. The minimum absolute atomic E-state index is 0.300. The predicted octanol–water partition coefficient (Wildman–Crippen LogP) is 1.70. The number of nitrogens with zero attached hydrogens (tertiary/aromatic N) is 1. The van der Waals surface area contributed by atoms with Gasteiger partial charge in [-0.3, -0.25) is 0 Å². The molecule has 0 amide bonds. The Morgan fingerprint density at radius 1 is 1.00 bits per heavy atom. The van der Waals surface area contributed by atoms with Gasteiger partial charge in [0.15, 0.2) is 5.60 Å². The van der Waals surface area contributed by atoms with Gasteiger partial charge in [0.25, 0.3) is 0 Å². The molecule has 4 bridgehead atoms. The zero-order valence-corrected chi connectivity index (χ0v) is 7.74. The fourth-order valence-corrected chi connectivity index (χ4v) is 4.09. The van der Waals surface area contributed by atoms with Crippen LogP contribution in [0.25, 0.3) is 0 Å². The summed E-state index contributed by atoms with van der Waals surface area (Å²) in [6.45, 7) is 0. The van der Waals surface area contributed by atoms with E-state index in [4.69, 9.17) is 5.26 Å². The second-order valence-corrected chi connectivity index (χ2v) is 5.24. The number of nitriles is 1. The molecule has 4 rings (SSSR count). The normalized spacial score (nSPS) is 57.8. The summed E-state index contributed by atoms with van der Waals surface area (Å²) in [6, 6.07) is 2.18. The van der Waals surface area contributed by atoms with Crippen LogP contribution in [-0.4, -0.2) is 10.7 Å². The van der Waals surface area contributed by atoms with Crippen LogP contribution in [0, 0.1) is 35.0 Å². The van der Waals surface area contributed by atoms with Crippen molar-refractivity contribution in [3.05, 3.63) is 0 Å². The molecule has 4 fully saturated rings. The van der Waals surface area contributed by atoms with Gasteiger partial charge in [-0.15, -0.1) is 0 Å². The Morgan fingerprint density at radius 2 is 1.46 bits per heavy atom. The van der Waals surface area contributed by atoms with E-state index in [2.05, 4.69) is 6.07 Å².